The number of rotatable bonds is 4. The summed E-state index contributed by atoms with van der Waals surface area (Å²) in [6.45, 7) is 8.19. The van der Waals surface area contributed by atoms with Crippen LogP contribution in [0.2, 0.25) is 0 Å². The van der Waals surface area contributed by atoms with Gasteiger partial charge in [-0.15, -0.1) is 0 Å². The predicted octanol–water partition coefficient (Wildman–Crippen LogP) is 3.44. The highest BCUT2D eigenvalue weighted by molar-refractivity contribution is 5.17. The molecular formula is C14H23N. The lowest BCUT2D eigenvalue weighted by Crippen LogP contribution is -2.25. The van der Waals surface area contributed by atoms with Gasteiger partial charge in [0, 0.05) is 6.04 Å². The highest BCUT2D eigenvalue weighted by Crippen LogP contribution is 2.33. The molecule has 0 amide bonds. The van der Waals surface area contributed by atoms with Crippen molar-refractivity contribution in [2.45, 2.75) is 39.2 Å². The van der Waals surface area contributed by atoms with Crippen LogP contribution in [0.5, 0.6) is 0 Å². The highest BCUT2D eigenvalue weighted by Gasteiger charge is 2.29. The zero-order valence-electron chi connectivity index (χ0n) is 9.95. The molecule has 1 saturated carbocycles. The Labute approximate surface area is 93.7 Å². The molecule has 0 saturated heterocycles. The van der Waals surface area contributed by atoms with E-state index < -0.39 is 0 Å². The fourth-order valence-corrected chi connectivity index (χ4v) is 2.20. The number of hydrogen-bond acceptors (Lipinski definition) is 1. The summed E-state index contributed by atoms with van der Waals surface area (Å²) < 4.78 is 0. The molecule has 0 radical (unpaired) electrons. The van der Waals surface area contributed by atoms with Crippen LogP contribution in [-0.2, 0) is 0 Å². The molecule has 84 valence electrons. The topological polar surface area (TPSA) is 26.0 Å². The van der Waals surface area contributed by atoms with E-state index in [2.05, 4.69) is 44.7 Å². The standard InChI is InChI=1S/C14H23N/c1-4-6-13-12(9-10-14(13)15)8-7-11(3)5-2/h4,6-8,12-14H,3,5,9-10,15H2,1-2H3/b6-4-,8-7+. The molecule has 1 heteroatoms. The van der Waals surface area contributed by atoms with E-state index in [1.165, 1.54) is 12.0 Å². The van der Waals surface area contributed by atoms with Crippen LogP contribution in [-0.4, -0.2) is 6.04 Å². The SMILES string of the molecule is C=C(/C=C/C1CCC(N)C1/C=C\C)CC. The molecule has 1 rings (SSSR count). The third kappa shape index (κ3) is 3.35. The van der Waals surface area contributed by atoms with Crippen LogP contribution in [0.15, 0.2) is 36.5 Å². The van der Waals surface area contributed by atoms with Crippen molar-refractivity contribution in [2.24, 2.45) is 17.6 Å². The number of allylic oxidation sites excluding steroid dienone is 4. The third-order valence-electron chi connectivity index (χ3n) is 3.27. The Morgan fingerprint density at radius 3 is 2.73 bits per heavy atom. The van der Waals surface area contributed by atoms with E-state index in [4.69, 9.17) is 5.73 Å². The van der Waals surface area contributed by atoms with Crippen molar-refractivity contribution in [3.05, 3.63) is 36.5 Å². The van der Waals surface area contributed by atoms with Crippen LogP contribution in [0, 0.1) is 11.8 Å². The molecular weight excluding hydrogens is 182 g/mol. The van der Waals surface area contributed by atoms with Gasteiger partial charge in [0.25, 0.3) is 0 Å². The quantitative estimate of drug-likeness (QED) is 0.552. The smallest absolute Gasteiger partial charge is 0.0108 e. The maximum Gasteiger partial charge on any atom is 0.0108 e. The molecule has 3 atom stereocenters. The van der Waals surface area contributed by atoms with E-state index >= 15 is 0 Å². The summed E-state index contributed by atoms with van der Waals surface area (Å²) in [5.74, 6) is 1.13. The van der Waals surface area contributed by atoms with E-state index in [0.717, 1.165) is 12.8 Å². The second-order valence-electron chi connectivity index (χ2n) is 4.38. The summed E-state index contributed by atoms with van der Waals surface area (Å²) in [5.41, 5.74) is 7.29. The first-order valence-electron chi connectivity index (χ1n) is 5.93. The Bertz CT molecular complexity index is 263. The van der Waals surface area contributed by atoms with Crippen LogP contribution in [0.25, 0.3) is 0 Å². The molecule has 0 aromatic carbocycles. The van der Waals surface area contributed by atoms with Crippen molar-refractivity contribution in [3.8, 4) is 0 Å². The Kier molecular flexibility index (Phi) is 4.83. The van der Waals surface area contributed by atoms with Gasteiger partial charge in [-0.1, -0.05) is 43.4 Å². The van der Waals surface area contributed by atoms with Gasteiger partial charge in [0.1, 0.15) is 0 Å². The molecule has 0 spiro atoms. The minimum Gasteiger partial charge on any atom is -0.327 e. The first kappa shape index (κ1) is 12.3. The zero-order chi connectivity index (χ0) is 11.3. The fraction of sp³-hybridized carbons (Fsp3) is 0.571. The van der Waals surface area contributed by atoms with Crippen molar-refractivity contribution in [1.82, 2.24) is 0 Å². The van der Waals surface area contributed by atoms with Gasteiger partial charge in [-0.25, -0.2) is 0 Å². The summed E-state index contributed by atoms with van der Waals surface area (Å²) >= 11 is 0. The molecule has 15 heavy (non-hydrogen) atoms. The van der Waals surface area contributed by atoms with E-state index in [1.807, 2.05) is 0 Å². The van der Waals surface area contributed by atoms with Crippen LogP contribution < -0.4 is 5.73 Å². The first-order valence-corrected chi connectivity index (χ1v) is 5.93. The van der Waals surface area contributed by atoms with Gasteiger partial charge >= 0.3 is 0 Å². The molecule has 0 bridgehead atoms. The number of hydrogen-bond donors (Lipinski definition) is 1. The van der Waals surface area contributed by atoms with E-state index in [9.17, 15) is 0 Å². The minimum absolute atomic E-state index is 0.339. The summed E-state index contributed by atoms with van der Waals surface area (Å²) in [4.78, 5) is 0. The van der Waals surface area contributed by atoms with Crippen LogP contribution in [0.4, 0.5) is 0 Å². The minimum atomic E-state index is 0.339. The Hall–Kier alpha value is -0.820. The van der Waals surface area contributed by atoms with Crippen LogP contribution in [0.3, 0.4) is 0 Å². The van der Waals surface area contributed by atoms with Crippen molar-refractivity contribution < 1.29 is 0 Å². The monoisotopic (exact) mass is 205 g/mol. The van der Waals surface area contributed by atoms with Gasteiger partial charge in [-0.3, -0.25) is 0 Å². The van der Waals surface area contributed by atoms with Gasteiger partial charge in [-0.05, 0) is 38.0 Å². The van der Waals surface area contributed by atoms with E-state index in [-0.39, 0.29) is 0 Å². The van der Waals surface area contributed by atoms with Crippen molar-refractivity contribution in [2.75, 3.05) is 0 Å². The maximum absolute atomic E-state index is 6.09. The molecule has 1 fully saturated rings. The molecule has 2 N–H and O–H groups in total. The molecule has 3 unspecified atom stereocenters. The first-order chi connectivity index (χ1) is 7.19. The van der Waals surface area contributed by atoms with E-state index in [1.54, 1.807) is 0 Å². The average Bonchev–Trinajstić information content (AvgIpc) is 2.58. The van der Waals surface area contributed by atoms with Gasteiger partial charge in [0.05, 0.1) is 0 Å². The Morgan fingerprint density at radius 1 is 1.40 bits per heavy atom. The molecule has 0 heterocycles. The molecule has 1 nitrogen and oxygen atoms in total. The Morgan fingerprint density at radius 2 is 2.13 bits per heavy atom. The van der Waals surface area contributed by atoms with Crippen LogP contribution in [0.1, 0.15) is 33.1 Å². The zero-order valence-corrected chi connectivity index (χ0v) is 9.95. The van der Waals surface area contributed by atoms with Crippen molar-refractivity contribution >= 4 is 0 Å². The largest absolute Gasteiger partial charge is 0.327 e. The summed E-state index contributed by atoms with van der Waals surface area (Å²) in [6.07, 6.45) is 12.2. The van der Waals surface area contributed by atoms with E-state index in [0.29, 0.717) is 17.9 Å². The molecule has 1 aliphatic rings. The summed E-state index contributed by atoms with van der Waals surface area (Å²) in [7, 11) is 0. The normalized spacial score (nSPS) is 31.8. The predicted molar refractivity (Wildman–Crippen MR) is 67.6 cm³/mol. The second-order valence-corrected chi connectivity index (χ2v) is 4.38. The lowest BCUT2D eigenvalue weighted by molar-refractivity contribution is 0.509. The van der Waals surface area contributed by atoms with Gasteiger partial charge in [0.2, 0.25) is 0 Å². The van der Waals surface area contributed by atoms with Gasteiger partial charge in [0.15, 0.2) is 0 Å². The molecule has 0 aromatic heterocycles. The third-order valence-corrected chi connectivity index (χ3v) is 3.27. The highest BCUT2D eigenvalue weighted by atomic mass is 14.7. The summed E-state index contributed by atoms with van der Waals surface area (Å²) in [5, 5.41) is 0. The second kappa shape index (κ2) is 5.92. The lowest BCUT2D eigenvalue weighted by Gasteiger charge is -2.15. The molecule has 1 aliphatic carbocycles. The maximum atomic E-state index is 6.09. The fourth-order valence-electron chi connectivity index (χ4n) is 2.20. The van der Waals surface area contributed by atoms with Gasteiger partial charge in [-0.2, -0.15) is 0 Å². The number of nitrogens with two attached hydrogens (primary N) is 1. The Balaban J connectivity index is 2.61. The van der Waals surface area contributed by atoms with Crippen LogP contribution >= 0.6 is 0 Å². The summed E-state index contributed by atoms with van der Waals surface area (Å²) in [6, 6.07) is 0.339. The van der Waals surface area contributed by atoms with Gasteiger partial charge < -0.3 is 5.73 Å². The molecule has 0 aliphatic heterocycles. The lowest BCUT2D eigenvalue weighted by atomic mass is 9.92. The van der Waals surface area contributed by atoms with Crippen molar-refractivity contribution in [3.63, 3.8) is 0 Å². The average molecular weight is 205 g/mol. The molecule has 0 aromatic rings. The van der Waals surface area contributed by atoms with Crippen molar-refractivity contribution in [1.29, 1.82) is 0 Å².